The molecule has 0 bridgehead atoms. The number of rotatable bonds is 7. The molecule has 0 spiro atoms. The number of hydrogen-bond acceptors (Lipinski definition) is 2. The van der Waals surface area contributed by atoms with Gasteiger partial charge >= 0.3 is 0 Å². The third-order valence-corrected chi connectivity index (χ3v) is 3.00. The van der Waals surface area contributed by atoms with Gasteiger partial charge in [-0.3, -0.25) is 4.79 Å². The van der Waals surface area contributed by atoms with E-state index in [2.05, 4.69) is 18.5 Å². The van der Waals surface area contributed by atoms with E-state index in [9.17, 15) is 4.79 Å². The zero-order valence-corrected chi connectivity index (χ0v) is 11.0. The number of allylic oxidation sites excluding steroid dienone is 1. The highest BCUT2D eigenvalue weighted by atomic mass is 16.5. The van der Waals surface area contributed by atoms with Gasteiger partial charge in [0.2, 0.25) is 5.91 Å². The average Bonchev–Trinajstić information content (AvgIpc) is 3.22. The maximum absolute atomic E-state index is 11.7. The van der Waals surface area contributed by atoms with Gasteiger partial charge in [-0.25, -0.2) is 0 Å². The van der Waals surface area contributed by atoms with Crippen LogP contribution < -0.4 is 10.1 Å². The van der Waals surface area contributed by atoms with Gasteiger partial charge in [0.1, 0.15) is 12.4 Å². The van der Waals surface area contributed by atoms with Crippen LogP contribution in [0.1, 0.15) is 18.4 Å². The molecule has 1 N–H and O–H groups in total. The Labute approximate surface area is 114 Å². The van der Waals surface area contributed by atoms with Crippen LogP contribution >= 0.6 is 0 Å². The van der Waals surface area contributed by atoms with Crippen molar-refractivity contribution in [2.45, 2.75) is 19.3 Å². The molecule has 1 amide bonds. The van der Waals surface area contributed by atoms with Crippen molar-refractivity contribution < 1.29 is 9.53 Å². The molecule has 1 aromatic carbocycles. The van der Waals surface area contributed by atoms with Crippen LogP contribution in [0.4, 0.5) is 5.69 Å². The number of anilines is 1. The standard InChI is InChI=1S/C16H19NO2/c1-3-5-13-11-14(17-16(18)12-6-7-12)8-9-15(13)19-10-4-2/h3-4,8-9,11-12H,1-2,5-7,10H2,(H,17,18). The molecule has 1 aromatic rings. The average molecular weight is 257 g/mol. The molecule has 19 heavy (non-hydrogen) atoms. The lowest BCUT2D eigenvalue weighted by Crippen LogP contribution is -2.13. The van der Waals surface area contributed by atoms with Gasteiger partial charge in [-0.2, -0.15) is 0 Å². The van der Waals surface area contributed by atoms with Gasteiger partial charge in [-0.05, 0) is 43.0 Å². The van der Waals surface area contributed by atoms with Crippen molar-refractivity contribution in [3.05, 3.63) is 49.1 Å². The van der Waals surface area contributed by atoms with Gasteiger partial charge in [0.15, 0.2) is 0 Å². The largest absolute Gasteiger partial charge is 0.489 e. The van der Waals surface area contributed by atoms with Gasteiger partial charge in [0.05, 0.1) is 0 Å². The van der Waals surface area contributed by atoms with E-state index in [1.165, 1.54) is 0 Å². The molecule has 0 saturated heterocycles. The third kappa shape index (κ3) is 3.71. The second-order valence-electron chi connectivity index (χ2n) is 4.68. The quantitative estimate of drug-likeness (QED) is 0.761. The lowest BCUT2D eigenvalue weighted by Gasteiger charge is -2.12. The third-order valence-electron chi connectivity index (χ3n) is 3.00. The van der Waals surface area contributed by atoms with Gasteiger partial charge < -0.3 is 10.1 Å². The van der Waals surface area contributed by atoms with E-state index in [0.29, 0.717) is 13.0 Å². The lowest BCUT2D eigenvalue weighted by molar-refractivity contribution is -0.117. The molecule has 100 valence electrons. The number of ether oxygens (including phenoxy) is 1. The molecule has 1 aliphatic carbocycles. The SMILES string of the molecule is C=CCOc1ccc(NC(=O)C2CC2)cc1CC=C. The summed E-state index contributed by atoms with van der Waals surface area (Å²) < 4.78 is 5.58. The van der Waals surface area contributed by atoms with Crippen molar-refractivity contribution in [1.82, 2.24) is 0 Å². The maximum Gasteiger partial charge on any atom is 0.227 e. The molecule has 0 aromatic heterocycles. The minimum Gasteiger partial charge on any atom is -0.489 e. The molecule has 0 atom stereocenters. The molecule has 0 heterocycles. The Balaban J connectivity index is 2.11. The number of nitrogens with one attached hydrogen (secondary N) is 1. The minimum atomic E-state index is 0.115. The van der Waals surface area contributed by atoms with Crippen molar-refractivity contribution >= 4 is 11.6 Å². The summed E-state index contributed by atoms with van der Waals surface area (Å²) in [7, 11) is 0. The molecule has 0 aliphatic heterocycles. The first kappa shape index (κ1) is 13.4. The Kier molecular flexibility index (Phi) is 4.39. The molecular formula is C16H19NO2. The fraction of sp³-hybridized carbons (Fsp3) is 0.312. The normalized spacial score (nSPS) is 13.7. The van der Waals surface area contributed by atoms with Crippen LogP contribution in [0.2, 0.25) is 0 Å². The Morgan fingerprint density at radius 2 is 2.16 bits per heavy atom. The predicted molar refractivity (Wildman–Crippen MR) is 77.4 cm³/mol. The monoisotopic (exact) mass is 257 g/mol. The van der Waals surface area contributed by atoms with E-state index in [1.54, 1.807) is 6.08 Å². The Bertz CT molecular complexity index is 490. The zero-order valence-electron chi connectivity index (χ0n) is 11.0. The number of benzene rings is 1. The minimum absolute atomic E-state index is 0.115. The molecule has 1 fully saturated rings. The maximum atomic E-state index is 11.7. The van der Waals surface area contributed by atoms with E-state index in [4.69, 9.17) is 4.74 Å². The van der Waals surface area contributed by atoms with Crippen molar-refractivity contribution in [2.24, 2.45) is 5.92 Å². The summed E-state index contributed by atoms with van der Waals surface area (Å²) in [6.45, 7) is 7.85. The van der Waals surface area contributed by atoms with E-state index in [-0.39, 0.29) is 11.8 Å². The summed E-state index contributed by atoms with van der Waals surface area (Å²) in [6, 6.07) is 5.69. The van der Waals surface area contributed by atoms with Crippen LogP contribution in [0.5, 0.6) is 5.75 Å². The Hall–Kier alpha value is -2.03. The van der Waals surface area contributed by atoms with E-state index in [1.807, 2.05) is 24.3 Å². The predicted octanol–water partition coefficient (Wildman–Crippen LogP) is 3.33. The van der Waals surface area contributed by atoms with Crippen LogP contribution in [0, 0.1) is 5.92 Å². The molecule has 1 saturated carbocycles. The van der Waals surface area contributed by atoms with Crippen molar-refractivity contribution in [3.8, 4) is 5.75 Å². The van der Waals surface area contributed by atoms with Gasteiger partial charge in [-0.1, -0.05) is 18.7 Å². The smallest absolute Gasteiger partial charge is 0.227 e. The summed E-state index contributed by atoms with van der Waals surface area (Å²) in [5, 5.41) is 2.94. The molecule has 2 rings (SSSR count). The summed E-state index contributed by atoms with van der Waals surface area (Å²) in [5.74, 6) is 1.13. The Morgan fingerprint density at radius 1 is 1.37 bits per heavy atom. The number of amides is 1. The van der Waals surface area contributed by atoms with Gasteiger partial charge in [-0.15, -0.1) is 6.58 Å². The first-order valence-corrected chi connectivity index (χ1v) is 6.53. The highest BCUT2D eigenvalue weighted by molar-refractivity contribution is 5.94. The Morgan fingerprint density at radius 3 is 2.79 bits per heavy atom. The van der Waals surface area contributed by atoms with Crippen LogP contribution in [-0.2, 0) is 11.2 Å². The van der Waals surface area contributed by atoms with Crippen LogP contribution in [0.15, 0.2) is 43.5 Å². The van der Waals surface area contributed by atoms with Crippen LogP contribution in [0.3, 0.4) is 0 Å². The summed E-state index contributed by atoms with van der Waals surface area (Å²) in [6.07, 6.45) is 6.25. The zero-order chi connectivity index (χ0) is 13.7. The van der Waals surface area contributed by atoms with Crippen LogP contribution in [-0.4, -0.2) is 12.5 Å². The number of hydrogen-bond donors (Lipinski definition) is 1. The van der Waals surface area contributed by atoms with Crippen molar-refractivity contribution in [1.29, 1.82) is 0 Å². The van der Waals surface area contributed by atoms with Crippen molar-refractivity contribution in [3.63, 3.8) is 0 Å². The first-order chi connectivity index (χ1) is 9.24. The highest BCUT2D eigenvalue weighted by Gasteiger charge is 2.29. The lowest BCUT2D eigenvalue weighted by atomic mass is 10.1. The van der Waals surface area contributed by atoms with E-state index >= 15 is 0 Å². The topological polar surface area (TPSA) is 38.3 Å². The molecule has 0 unspecified atom stereocenters. The fourth-order valence-electron chi connectivity index (χ4n) is 1.85. The second kappa shape index (κ2) is 6.23. The van der Waals surface area contributed by atoms with Crippen LogP contribution in [0.25, 0.3) is 0 Å². The summed E-state index contributed by atoms with van der Waals surface area (Å²) >= 11 is 0. The van der Waals surface area contributed by atoms with E-state index < -0.39 is 0 Å². The van der Waals surface area contributed by atoms with E-state index in [0.717, 1.165) is 29.8 Å². The van der Waals surface area contributed by atoms with Crippen molar-refractivity contribution in [2.75, 3.05) is 11.9 Å². The molecule has 0 radical (unpaired) electrons. The number of carbonyl (C=O) groups is 1. The molecule has 1 aliphatic rings. The molecular weight excluding hydrogens is 238 g/mol. The van der Waals surface area contributed by atoms with Gasteiger partial charge in [0, 0.05) is 11.6 Å². The molecule has 3 heteroatoms. The number of carbonyl (C=O) groups excluding carboxylic acids is 1. The second-order valence-corrected chi connectivity index (χ2v) is 4.68. The van der Waals surface area contributed by atoms with Gasteiger partial charge in [0.25, 0.3) is 0 Å². The summed E-state index contributed by atoms with van der Waals surface area (Å²) in [5.41, 5.74) is 1.84. The first-order valence-electron chi connectivity index (χ1n) is 6.53. The fourth-order valence-corrected chi connectivity index (χ4v) is 1.85. The summed E-state index contributed by atoms with van der Waals surface area (Å²) in [4.78, 5) is 11.7. The molecule has 3 nitrogen and oxygen atoms in total. The highest BCUT2D eigenvalue weighted by Crippen LogP contribution is 2.31.